The first-order valence-corrected chi connectivity index (χ1v) is 9.35. The Morgan fingerprint density at radius 3 is 2.30 bits per heavy atom. The molecule has 1 aromatic carbocycles. The lowest BCUT2D eigenvalue weighted by Gasteiger charge is -2.17. The molecular formula is C20H21N5O5. The number of nitrogens with zero attached hydrogens (tertiary/aromatic N) is 5. The first-order valence-electron chi connectivity index (χ1n) is 9.35. The summed E-state index contributed by atoms with van der Waals surface area (Å²) in [5.74, 6) is -3.35. The van der Waals surface area contributed by atoms with Crippen molar-refractivity contribution in [2.75, 3.05) is 13.2 Å². The van der Waals surface area contributed by atoms with Crippen LogP contribution in [0, 0.1) is 0 Å². The van der Waals surface area contributed by atoms with Gasteiger partial charge >= 0.3 is 11.9 Å². The Balaban J connectivity index is 2.16. The van der Waals surface area contributed by atoms with Gasteiger partial charge in [-0.05, 0) is 13.8 Å². The summed E-state index contributed by atoms with van der Waals surface area (Å²) in [4.78, 5) is 38.1. The number of carbonyl (C=O) groups excluding carboxylic acids is 2. The molecule has 0 amide bonds. The third-order valence-corrected chi connectivity index (χ3v) is 4.30. The van der Waals surface area contributed by atoms with Crippen LogP contribution in [0.15, 0.2) is 47.5 Å². The lowest BCUT2D eigenvalue weighted by molar-refractivity contribution is -0.157. The highest BCUT2D eigenvalue weighted by atomic mass is 16.6. The van der Waals surface area contributed by atoms with Crippen LogP contribution < -0.4 is 5.56 Å². The topological polar surface area (TPSA) is 118 Å². The maximum atomic E-state index is 12.9. The van der Waals surface area contributed by atoms with Gasteiger partial charge in [0.1, 0.15) is 5.69 Å². The minimum Gasteiger partial charge on any atom is -0.465 e. The van der Waals surface area contributed by atoms with E-state index in [1.54, 1.807) is 20.0 Å². The summed E-state index contributed by atoms with van der Waals surface area (Å²) in [7, 11) is 1.42. The monoisotopic (exact) mass is 411 g/mol. The number of ether oxygens (including phenoxy) is 2. The lowest BCUT2D eigenvalue weighted by atomic mass is 9.99. The summed E-state index contributed by atoms with van der Waals surface area (Å²) in [5.41, 5.74) is 0.712. The van der Waals surface area contributed by atoms with E-state index >= 15 is 0 Å². The van der Waals surface area contributed by atoms with Crippen LogP contribution in [0.1, 0.15) is 25.3 Å². The van der Waals surface area contributed by atoms with Crippen molar-refractivity contribution in [2.24, 2.45) is 7.05 Å². The molecule has 0 unspecified atom stereocenters. The molecular weight excluding hydrogens is 390 g/mol. The maximum absolute atomic E-state index is 12.9. The van der Waals surface area contributed by atoms with Gasteiger partial charge in [-0.1, -0.05) is 35.5 Å². The van der Waals surface area contributed by atoms with Crippen LogP contribution in [0.2, 0.25) is 0 Å². The lowest BCUT2D eigenvalue weighted by Crippen LogP contribution is -2.35. The molecule has 0 fully saturated rings. The molecule has 0 N–H and O–H groups in total. The second kappa shape index (κ2) is 9.12. The Morgan fingerprint density at radius 2 is 1.70 bits per heavy atom. The predicted molar refractivity (Wildman–Crippen MR) is 106 cm³/mol. The summed E-state index contributed by atoms with van der Waals surface area (Å²) in [6.45, 7) is 3.29. The van der Waals surface area contributed by atoms with Crippen LogP contribution in [0.3, 0.4) is 0 Å². The van der Waals surface area contributed by atoms with Gasteiger partial charge in [-0.3, -0.25) is 14.4 Å². The van der Waals surface area contributed by atoms with Gasteiger partial charge in [0.2, 0.25) is 0 Å². The van der Waals surface area contributed by atoms with E-state index in [1.165, 1.54) is 17.9 Å². The Kier molecular flexibility index (Phi) is 6.35. The van der Waals surface area contributed by atoms with Crippen LogP contribution in [0.4, 0.5) is 0 Å². The molecule has 0 aliphatic heterocycles. The van der Waals surface area contributed by atoms with Crippen LogP contribution in [0.5, 0.6) is 0 Å². The van der Waals surface area contributed by atoms with E-state index in [4.69, 9.17) is 9.47 Å². The van der Waals surface area contributed by atoms with E-state index in [2.05, 4.69) is 15.4 Å². The fourth-order valence-corrected chi connectivity index (χ4v) is 2.91. The van der Waals surface area contributed by atoms with Crippen molar-refractivity contribution < 1.29 is 19.1 Å². The Bertz CT molecular complexity index is 1090. The molecule has 0 aliphatic carbocycles. The van der Waals surface area contributed by atoms with E-state index in [0.717, 1.165) is 10.2 Å². The van der Waals surface area contributed by atoms with Gasteiger partial charge in [0.25, 0.3) is 5.56 Å². The number of aryl methyl sites for hydroxylation is 1. The number of aromatic nitrogens is 5. The number of hydrogen-bond donors (Lipinski definition) is 0. The molecule has 0 saturated heterocycles. The molecule has 3 rings (SSSR count). The van der Waals surface area contributed by atoms with Gasteiger partial charge in [0, 0.05) is 12.6 Å². The number of benzene rings is 1. The highest BCUT2D eigenvalue weighted by Crippen LogP contribution is 2.24. The first kappa shape index (κ1) is 20.9. The molecule has 0 saturated carbocycles. The van der Waals surface area contributed by atoms with Crippen LogP contribution in [-0.4, -0.2) is 49.9 Å². The Morgan fingerprint density at radius 1 is 1.07 bits per heavy atom. The SMILES string of the molecule is CCOC(=O)C(C(=O)OCC)c1c(-n2cc(-c3ccccc3)nn2)cnn(C)c1=O. The Labute approximate surface area is 172 Å². The summed E-state index contributed by atoms with van der Waals surface area (Å²) < 4.78 is 12.4. The van der Waals surface area contributed by atoms with Crippen LogP contribution in [0.25, 0.3) is 16.9 Å². The zero-order valence-corrected chi connectivity index (χ0v) is 16.8. The van der Waals surface area contributed by atoms with Crippen molar-refractivity contribution in [1.82, 2.24) is 24.8 Å². The van der Waals surface area contributed by atoms with Gasteiger partial charge < -0.3 is 9.47 Å². The zero-order valence-electron chi connectivity index (χ0n) is 16.8. The third kappa shape index (κ3) is 4.12. The largest absolute Gasteiger partial charge is 0.465 e. The Hall–Kier alpha value is -3.82. The van der Waals surface area contributed by atoms with Crippen molar-refractivity contribution in [3.05, 3.63) is 58.6 Å². The normalized spacial score (nSPS) is 10.8. The van der Waals surface area contributed by atoms with Gasteiger partial charge in [-0.2, -0.15) is 5.10 Å². The number of esters is 2. The molecule has 10 heteroatoms. The van der Waals surface area contributed by atoms with Crippen LogP contribution in [-0.2, 0) is 26.1 Å². The van der Waals surface area contributed by atoms with Crippen molar-refractivity contribution in [2.45, 2.75) is 19.8 Å². The predicted octanol–water partition coefficient (Wildman–Crippen LogP) is 1.24. The fraction of sp³-hybridized carbons (Fsp3) is 0.300. The fourth-order valence-electron chi connectivity index (χ4n) is 2.91. The molecule has 0 aliphatic rings. The average Bonchev–Trinajstić information content (AvgIpc) is 3.22. The van der Waals surface area contributed by atoms with Crippen molar-refractivity contribution >= 4 is 11.9 Å². The van der Waals surface area contributed by atoms with Crippen LogP contribution >= 0.6 is 0 Å². The van der Waals surface area contributed by atoms with E-state index in [9.17, 15) is 14.4 Å². The average molecular weight is 411 g/mol. The smallest absolute Gasteiger partial charge is 0.325 e. The maximum Gasteiger partial charge on any atom is 0.325 e. The second-order valence-corrected chi connectivity index (χ2v) is 6.22. The van der Waals surface area contributed by atoms with Gasteiger partial charge in [0.05, 0.1) is 36.9 Å². The summed E-state index contributed by atoms with van der Waals surface area (Å²) in [6, 6.07) is 9.31. The quantitative estimate of drug-likeness (QED) is 0.421. The molecule has 0 atom stereocenters. The highest BCUT2D eigenvalue weighted by molar-refractivity contribution is 6.01. The summed E-state index contributed by atoms with van der Waals surface area (Å²) in [6.07, 6.45) is 2.92. The second-order valence-electron chi connectivity index (χ2n) is 6.22. The van der Waals surface area contributed by atoms with Gasteiger partial charge in [0.15, 0.2) is 5.92 Å². The van der Waals surface area contributed by atoms with Crippen molar-refractivity contribution in [3.63, 3.8) is 0 Å². The molecule has 2 heterocycles. The minimum atomic E-state index is -1.58. The summed E-state index contributed by atoms with van der Waals surface area (Å²) >= 11 is 0. The van der Waals surface area contributed by atoms with E-state index in [0.29, 0.717) is 5.69 Å². The standard InChI is InChI=1S/C20H21N5O5/c1-4-29-19(27)17(20(28)30-5-2)16-15(11-21-24(3)18(16)26)25-12-14(22-23-25)13-9-7-6-8-10-13/h6-12,17H,4-5H2,1-3H3. The van der Waals surface area contributed by atoms with Crippen molar-refractivity contribution in [1.29, 1.82) is 0 Å². The first-order chi connectivity index (χ1) is 14.5. The number of hydrogen-bond acceptors (Lipinski definition) is 8. The number of carbonyl (C=O) groups is 2. The third-order valence-electron chi connectivity index (χ3n) is 4.30. The molecule has 0 radical (unpaired) electrons. The molecule has 0 bridgehead atoms. The molecule has 2 aromatic heterocycles. The zero-order chi connectivity index (χ0) is 21.7. The van der Waals surface area contributed by atoms with Gasteiger partial charge in [-0.15, -0.1) is 5.10 Å². The van der Waals surface area contributed by atoms with E-state index < -0.39 is 23.4 Å². The molecule has 156 valence electrons. The highest BCUT2D eigenvalue weighted by Gasteiger charge is 2.37. The molecule has 10 nitrogen and oxygen atoms in total. The van der Waals surface area contributed by atoms with E-state index in [-0.39, 0.29) is 24.5 Å². The summed E-state index contributed by atoms with van der Waals surface area (Å²) in [5, 5.41) is 12.2. The van der Waals surface area contributed by atoms with Crippen molar-refractivity contribution in [3.8, 4) is 16.9 Å². The van der Waals surface area contributed by atoms with Gasteiger partial charge in [-0.25, -0.2) is 9.36 Å². The molecule has 30 heavy (non-hydrogen) atoms. The molecule has 0 spiro atoms. The van der Waals surface area contributed by atoms with E-state index in [1.807, 2.05) is 30.3 Å². The number of rotatable bonds is 7. The minimum absolute atomic E-state index is 0.0386. The molecule has 3 aromatic rings.